The van der Waals surface area contributed by atoms with Crippen LogP contribution < -0.4 is 4.74 Å². The van der Waals surface area contributed by atoms with E-state index in [0.717, 1.165) is 38.9 Å². The fraction of sp³-hybridized carbons (Fsp3) is 0.348. The maximum atomic E-state index is 9.18. The summed E-state index contributed by atoms with van der Waals surface area (Å²) >= 11 is 0. The first-order valence-electron chi connectivity index (χ1n) is 19.1. The van der Waals surface area contributed by atoms with Gasteiger partial charge < -0.3 is 9.47 Å². The van der Waals surface area contributed by atoms with E-state index in [4.69, 9.17) is 19.5 Å². The Morgan fingerprint density at radius 1 is 0.784 bits per heavy atom. The molecule has 3 heterocycles. The average Bonchev–Trinajstić information content (AvgIpc) is 3.62. The predicted molar refractivity (Wildman–Crippen MR) is 210 cm³/mol. The smallest absolute Gasteiger partial charge is 0.217 e. The zero-order valence-electron chi connectivity index (χ0n) is 33.5. The number of benzene rings is 4. The fourth-order valence-electron chi connectivity index (χ4n) is 7.55. The van der Waals surface area contributed by atoms with E-state index in [1.807, 2.05) is 56.4 Å². The summed E-state index contributed by atoms with van der Waals surface area (Å²) in [6, 6.07) is 31.2. The minimum Gasteiger partial charge on any atom is -0.468 e. The van der Waals surface area contributed by atoms with Gasteiger partial charge in [0.25, 0.3) is 0 Å². The molecule has 2 atom stereocenters. The highest BCUT2D eigenvalue weighted by Crippen LogP contribution is 2.53. The molecular formula is C46H49N3O2. The van der Waals surface area contributed by atoms with Crippen LogP contribution in [0.1, 0.15) is 111 Å². The minimum absolute atomic E-state index is 0.00222. The van der Waals surface area contributed by atoms with Gasteiger partial charge in [0.2, 0.25) is 5.90 Å². The Morgan fingerprint density at radius 3 is 2.27 bits per heavy atom. The molecule has 8 rings (SSSR count). The lowest BCUT2D eigenvalue weighted by molar-refractivity contribution is 0.0476. The van der Waals surface area contributed by atoms with Crippen LogP contribution in [0.3, 0.4) is 0 Å². The topological polar surface area (TPSA) is 48.6 Å². The van der Waals surface area contributed by atoms with Gasteiger partial charge in [-0.3, -0.25) is 4.57 Å². The van der Waals surface area contributed by atoms with Gasteiger partial charge in [-0.15, -0.1) is 0 Å². The zero-order chi connectivity index (χ0) is 37.9. The number of aliphatic imine (C=N–C) groups is 1. The van der Waals surface area contributed by atoms with Gasteiger partial charge in [-0.25, -0.2) is 9.98 Å². The van der Waals surface area contributed by atoms with E-state index in [2.05, 4.69) is 115 Å². The summed E-state index contributed by atoms with van der Waals surface area (Å²) in [5.41, 5.74) is 5.82. The van der Waals surface area contributed by atoms with Gasteiger partial charge in [0.15, 0.2) is 0 Å². The minimum atomic E-state index is -1.73. The third-order valence-corrected chi connectivity index (χ3v) is 10.9. The van der Waals surface area contributed by atoms with Crippen LogP contribution in [0.4, 0.5) is 0 Å². The number of ether oxygens (including phenoxy) is 2. The van der Waals surface area contributed by atoms with E-state index in [9.17, 15) is 2.74 Å². The van der Waals surface area contributed by atoms with Crippen molar-refractivity contribution in [3.05, 3.63) is 131 Å². The Bertz CT molecular complexity index is 2480. The first-order chi connectivity index (χ1) is 24.8. The lowest BCUT2D eigenvalue weighted by Crippen LogP contribution is -2.41. The molecule has 6 aromatic rings. The molecular weight excluding hydrogens is 627 g/mol. The first-order valence-corrected chi connectivity index (χ1v) is 18.1. The summed E-state index contributed by atoms with van der Waals surface area (Å²) in [6.07, 6.45) is 0.171. The number of fused-ring (bicyclic) bond motifs is 6. The van der Waals surface area contributed by atoms with Gasteiger partial charge in [0, 0.05) is 37.7 Å². The molecule has 0 radical (unpaired) electrons. The van der Waals surface area contributed by atoms with Crippen molar-refractivity contribution in [2.75, 3.05) is 0 Å². The van der Waals surface area contributed by atoms with Crippen LogP contribution in [0.15, 0.2) is 102 Å². The van der Waals surface area contributed by atoms with Crippen LogP contribution in [-0.2, 0) is 27.5 Å². The van der Waals surface area contributed by atoms with E-state index in [0.29, 0.717) is 23.0 Å². The summed E-state index contributed by atoms with van der Waals surface area (Å²) in [5, 5.41) is 2.31. The molecule has 0 unspecified atom stereocenters. The summed E-state index contributed by atoms with van der Waals surface area (Å²) in [5.74, 6) is 2.87. The van der Waals surface area contributed by atoms with Crippen LogP contribution in [0.25, 0.3) is 27.6 Å². The standard InChI is InChI=1S/C46H49N3O2/c1-28(2)30-21-31(42-48-46(10)38-14-12-11-13-29(38)27-45(46,9)51-42)23-35(22-30)50-34-16-17-36-37-24-32(43(3,4)5)15-18-39(37)49(40(36)26-34)41-25-33(19-20-47-41)44(6,7)8/h11-26,28H,27H2,1-10H3/t45-,46+/m0/s1/i27D2. The van der Waals surface area contributed by atoms with Gasteiger partial charge in [-0.2, -0.15) is 0 Å². The van der Waals surface area contributed by atoms with Gasteiger partial charge in [0.1, 0.15) is 28.5 Å². The van der Waals surface area contributed by atoms with Crippen LogP contribution >= 0.6 is 0 Å². The van der Waals surface area contributed by atoms with E-state index < -0.39 is 17.5 Å². The number of hydrogen-bond donors (Lipinski definition) is 0. The van der Waals surface area contributed by atoms with Crippen molar-refractivity contribution in [1.82, 2.24) is 9.55 Å². The molecule has 0 saturated carbocycles. The Hall–Kier alpha value is -4.90. The maximum Gasteiger partial charge on any atom is 0.217 e. The molecule has 0 saturated heterocycles. The molecule has 1 aliphatic heterocycles. The van der Waals surface area contributed by atoms with E-state index in [1.165, 1.54) is 16.5 Å². The second-order valence-electron chi connectivity index (χ2n) is 17.0. The highest BCUT2D eigenvalue weighted by Gasteiger charge is 2.58. The molecule has 0 bridgehead atoms. The molecule has 4 aromatic carbocycles. The van der Waals surface area contributed by atoms with Gasteiger partial charge in [0.05, 0.1) is 11.0 Å². The normalized spacial score (nSPS) is 21.7. The molecule has 1 aliphatic carbocycles. The Balaban J connectivity index is 1.25. The SMILES string of the molecule is [2H]C1([2H])c2ccccc2[C@@]2(C)N=C(c3cc(Oc4ccc5c6cc(C(C)(C)C)ccc6n(-c6cc(C(C)(C)C)ccn6)c5c4)cc(C(C)C)c3)O[C@@]12C. The maximum absolute atomic E-state index is 9.18. The summed E-state index contributed by atoms with van der Waals surface area (Å²) in [6.45, 7) is 21.6. The van der Waals surface area contributed by atoms with Crippen molar-refractivity contribution in [3.63, 3.8) is 0 Å². The van der Waals surface area contributed by atoms with Crippen LogP contribution in [0.5, 0.6) is 11.5 Å². The molecule has 5 heteroatoms. The molecule has 2 aromatic heterocycles. The van der Waals surface area contributed by atoms with Crippen molar-refractivity contribution in [3.8, 4) is 17.3 Å². The van der Waals surface area contributed by atoms with Gasteiger partial charge in [-0.1, -0.05) is 85.7 Å². The van der Waals surface area contributed by atoms with E-state index in [-0.39, 0.29) is 16.7 Å². The number of nitrogens with zero attached hydrogens (tertiary/aromatic N) is 3. The van der Waals surface area contributed by atoms with Crippen LogP contribution in [0.2, 0.25) is 0 Å². The van der Waals surface area contributed by atoms with Crippen LogP contribution in [0, 0.1) is 0 Å². The second-order valence-corrected chi connectivity index (χ2v) is 17.0. The molecule has 5 nitrogen and oxygen atoms in total. The van der Waals surface area contributed by atoms with Crippen molar-refractivity contribution in [1.29, 1.82) is 0 Å². The molecule has 0 fully saturated rings. The summed E-state index contributed by atoms with van der Waals surface area (Å²) in [4.78, 5) is 10.1. The van der Waals surface area contributed by atoms with Crippen molar-refractivity contribution >= 4 is 27.7 Å². The fourth-order valence-corrected chi connectivity index (χ4v) is 7.55. The molecule has 2 aliphatic rings. The quantitative estimate of drug-likeness (QED) is 0.182. The third kappa shape index (κ3) is 5.44. The molecule has 51 heavy (non-hydrogen) atoms. The highest BCUT2D eigenvalue weighted by atomic mass is 16.5. The van der Waals surface area contributed by atoms with E-state index in [1.54, 1.807) is 0 Å². The Morgan fingerprint density at radius 2 is 1.53 bits per heavy atom. The summed E-state index contributed by atoms with van der Waals surface area (Å²) in [7, 11) is 0. The zero-order valence-corrected chi connectivity index (χ0v) is 31.5. The van der Waals surface area contributed by atoms with Gasteiger partial charge in [-0.05, 0) is 113 Å². The van der Waals surface area contributed by atoms with E-state index >= 15 is 0 Å². The monoisotopic (exact) mass is 677 g/mol. The largest absolute Gasteiger partial charge is 0.468 e. The van der Waals surface area contributed by atoms with Gasteiger partial charge >= 0.3 is 0 Å². The number of rotatable bonds is 5. The third-order valence-electron chi connectivity index (χ3n) is 10.9. The van der Waals surface area contributed by atoms with Crippen molar-refractivity contribution < 1.29 is 12.2 Å². The van der Waals surface area contributed by atoms with Crippen molar-refractivity contribution in [2.24, 2.45) is 4.99 Å². The second kappa shape index (κ2) is 11.3. The molecule has 0 amide bonds. The van der Waals surface area contributed by atoms with Crippen LogP contribution in [-0.4, -0.2) is 21.0 Å². The Labute approximate surface area is 305 Å². The number of hydrogen-bond acceptors (Lipinski definition) is 4. The highest BCUT2D eigenvalue weighted by molar-refractivity contribution is 6.09. The lowest BCUT2D eigenvalue weighted by atomic mass is 9.84. The first kappa shape index (κ1) is 30.9. The average molecular weight is 678 g/mol. The lowest BCUT2D eigenvalue weighted by Gasteiger charge is -2.31. The number of aromatic nitrogens is 2. The molecule has 0 N–H and O–H groups in total. The molecule has 260 valence electrons. The predicted octanol–water partition coefficient (Wildman–Crippen LogP) is 11.7. The molecule has 0 spiro atoms. The van der Waals surface area contributed by atoms with Crippen molar-refractivity contribution in [2.45, 2.75) is 103 Å². The number of pyridine rings is 1. The summed E-state index contributed by atoms with van der Waals surface area (Å²) < 4.78 is 34.0. The Kier molecular flexibility index (Phi) is 6.84.